The second-order valence-electron chi connectivity index (χ2n) is 3.74. The van der Waals surface area contributed by atoms with Gasteiger partial charge in [-0.1, -0.05) is 18.2 Å². The highest BCUT2D eigenvalue weighted by Crippen LogP contribution is 2.21. The molecule has 0 aliphatic carbocycles. The van der Waals surface area contributed by atoms with Crippen molar-refractivity contribution in [2.24, 2.45) is 0 Å². The highest BCUT2D eigenvalue weighted by Gasteiger charge is 2.38. The number of pyridine rings is 1. The summed E-state index contributed by atoms with van der Waals surface area (Å²) in [6, 6.07) is 11.3. The number of carbonyl (C=O) groups excluding carboxylic acids is 1. The van der Waals surface area contributed by atoms with Crippen LogP contribution in [-0.4, -0.2) is 17.1 Å². The molecule has 0 fully saturated rings. The molecule has 0 atom stereocenters. The summed E-state index contributed by atoms with van der Waals surface area (Å²) in [7, 11) is 0. The number of hydrogen-bond donors (Lipinski definition) is 1. The lowest BCUT2D eigenvalue weighted by molar-refractivity contribution is -0.167. The maximum absolute atomic E-state index is 12.1. The van der Waals surface area contributed by atoms with Crippen molar-refractivity contribution in [1.82, 2.24) is 4.98 Å². The number of anilines is 1. The van der Waals surface area contributed by atoms with E-state index >= 15 is 0 Å². The van der Waals surface area contributed by atoms with E-state index in [1.807, 2.05) is 6.07 Å². The van der Waals surface area contributed by atoms with Crippen molar-refractivity contribution < 1.29 is 18.0 Å². The van der Waals surface area contributed by atoms with E-state index in [4.69, 9.17) is 0 Å². The van der Waals surface area contributed by atoms with Crippen LogP contribution in [0.5, 0.6) is 0 Å². The van der Waals surface area contributed by atoms with E-state index in [9.17, 15) is 18.0 Å². The molecule has 0 unspecified atom stereocenters. The van der Waals surface area contributed by atoms with Crippen LogP contribution in [-0.2, 0) is 4.79 Å². The maximum Gasteiger partial charge on any atom is 0.471 e. The Bertz CT molecular complexity index is 565. The van der Waals surface area contributed by atoms with Crippen LogP contribution in [0.4, 0.5) is 18.9 Å². The number of alkyl halides is 3. The third kappa shape index (κ3) is 3.31. The fraction of sp³-hybridized carbons (Fsp3) is 0.0769. The van der Waals surface area contributed by atoms with Crippen molar-refractivity contribution in [3.05, 3.63) is 48.7 Å². The lowest BCUT2D eigenvalue weighted by Crippen LogP contribution is -2.29. The molecule has 1 aromatic heterocycles. The summed E-state index contributed by atoms with van der Waals surface area (Å²) in [5, 5.41) is 1.78. The van der Waals surface area contributed by atoms with Gasteiger partial charge in [-0.3, -0.25) is 9.78 Å². The van der Waals surface area contributed by atoms with Crippen LogP contribution in [0.2, 0.25) is 0 Å². The molecule has 2 rings (SSSR count). The maximum atomic E-state index is 12.1. The van der Waals surface area contributed by atoms with Crippen LogP contribution >= 0.6 is 0 Å². The summed E-state index contributed by atoms with van der Waals surface area (Å²) in [6.45, 7) is 0. The summed E-state index contributed by atoms with van der Waals surface area (Å²) in [4.78, 5) is 14.9. The number of nitrogens with zero attached hydrogens (tertiary/aromatic N) is 1. The second kappa shape index (κ2) is 5.09. The zero-order valence-corrected chi connectivity index (χ0v) is 9.61. The molecule has 3 nitrogen and oxygen atoms in total. The van der Waals surface area contributed by atoms with Crippen LogP contribution in [0, 0.1) is 0 Å². The number of rotatable bonds is 2. The molecule has 98 valence electrons. The molecule has 0 aliphatic heterocycles. The van der Waals surface area contributed by atoms with Crippen molar-refractivity contribution >= 4 is 11.6 Å². The van der Waals surface area contributed by atoms with Gasteiger partial charge >= 0.3 is 12.1 Å². The molecule has 0 saturated heterocycles. The molecular weight excluding hydrogens is 257 g/mol. The SMILES string of the molecule is O=C(Nc1ccc(-c2ccccn2)cc1)C(F)(F)F. The van der Waals surface area contributed by atoms with Crippen LogP contribution < -0.4 is 5.32 Å². The summed E-state index contributed by atoms with van der Waals surface area (Å²) in [5.41, 5.74) is 1.55. The Balaban J connectivity index is 2.14. The highest BCUT2D eigenvalue weighted by atomic mass is 19.4. The van der Waals surface area contributed by atoms with Crippen molar-refractivity contribution in [2.45, 2.75) is 6.18 Å². The Hall–Kier alpha value is -2.37. The monoisotopic (exact) mass is 266 g/mol. The number of carbonyl (C=O) groups is 1. The molecule has 1 heterocycles. The molecule has 19 heavy (non-hydrogen) atoms. The van der Waals surface area contributed by atoms with E-state index in [0.717, 1.165) is 5.56 Å². The first kappa shape index (κ1) is 13.1. The molecule has 1 amide bonds. The van der Waals surface area contributed by atoms with Gasteiger partial charge in [0.2, 0.25) is 0 Å². The van der Waals surface area contributed by atoms with E-state index in [1.165, 1.54) is 12.1 Å². The topological polar surface area (TPSA) is 42.0 Å². The number of benzene rings is 1. The largest absolute Gasteiger partial charge is 0.471 e. The number of hydrogen-bond acceptors (Lipinski definition) is 2. The molecule has 1 N–H and O–H groups in total. The third-order valence-corrected chi connectivity index (χ3v) is 2.36. The zero-order chi connectivity index (χ0) is 13.9. The molecule has 0 saturated carbocycles. The highest BCUT2D eigenvalue weighted by molar-refractivity contribution is 5.95. The van der Waals surface area contributed by atoms with Crippen molar-refractivity contribution in [2.75, 3.05) is 5.32 Å². The van der Waals surface area contributed by atoms with Gasteiger partial charge in [0.15, 0.2) is 0 Å². The number of halogens is 3. The van der Waals surface area contributed by atoms with E-state index in [1.54, 1.807) is 35.8 Å². The summed E-state index contributed by atoms with van der Waals surface area (Å²) < 4.78 is 36.2. The normalized spacial score (nSPS) is 11.1. The van der Waals surface area contributed by atoms with E-state index in [-0.39, 0.29) is 5.69 Å². The molecule has 2 aromatic rings. The molecular formula is C13H9F3N2O. The van der Waals surface area contributed by atoms with Gasteiger partial charge in [0, 0.05) is 17.4 Å². The minimum absolute atomic E-state index is 0.0852. The quantitative estimate of drug-likeness (QED) is 0.906. The van der Waals surface area contributed by atoms with Gasteiger partial charge in [0.1, 0.15) is 0 Å². The summed E-state index contributed by atoms with van der Waals surface area (Å²) in [5.74, 6) is -1.99. The number of amides is 1. The third-order valence-electron chi connectivity index (χ3n) is 2.36. The lowest BCUT2D eigenvalue weighted by atomic mass is 10.1. The van der Waals surface area contributed by atoms with Crippen LogP contribution in [0.25, 0.3) is 11.3 Å². The van der Waals surface area contributed by atoms with Gasteiger partial charge < -0.3 is 5.32 Å². The Morgan fingerprint density at radius 1 is 1.05 bits per heavy atom. The minimum atomic E-state index is -4.89. The Kier molecular flexibility index (Phi) is 3.50. The first-order chi connectivity index (χ1) is 8.97. The molecule has 0 spiro atoms. The van der Waals surface area contributed by atoms with Crippen LogP contribution in [0.15, 0.2) is 48.7 Å². The average molecular weight is 266 g/mol. The van der Waals surface area contributed by atoms with Gasteiger partial charge in [-0.25, -0.2) is 0 Å². The van der Waals surface area contributed by atoms with Gasteiger partial charge in [0.05, 0.1) is 5.69 Å². The molecule has 1 aromatic carbocycles. The zero-order valence-electron chi connectivity index (χ0n) is 9.61. The first-order valence-electron chi connectivity index (χ1n) is 5.36. The fourth-order valence-electron chi connectivity index (χ4n) is 1.46. The lowest BCUT2D eigenvalue weighted by Gasteiger charge is -2.08. The van der Waals surface area contributed by atoms with Crippen molar-refractivity contribution in [1.29, 1.82) is 0 Å². The smallest absolute Gasteiger partial charge is 0.318 e. The summed E-state index contributed by atoms with van der Waals surface area (Å²) in [6.07, 6.45) is -3.27. The van der Waals surface area contributed by atoms with Gasteiger partial charge in [-0.15, -0.1) is 0 Å². The molecule has 6 heteroatoms. The Labute approximate surface area is 107 Å². The predicted octanol–water partition coefficient (Wildman–Crippen LogP) is 3.25. The molecule has 0 bridgehead atoms. The number of aromatic nitrogens is 1. The predicted molar refractivity (Wildman–Crippen MR) is 64.4 cm³/mol. The van der Waals surface area contributed by atoms with E-state index < -0.39 is 12.1 Å². The van der Waals surface area contributed by atoms with E-state index in [2.05, 4.69) is 4.98 Å². The van der Waals surface area contributed by atoms with Crippen LogP contribution in [0.3, 0.4) is 0 Å². The first-order valence-corrected chi connectivity index (χ1v) is 5.36. The van der Waals surface area contributed by atoms with Crippen LogP contribution in [0.1, 0.15) is 0 Å². The van der Waals surface area contributed by atoms with Gasteiger partial charge in [-0.05, 0) is 24.3 Å². The molecule has 0 aliphatic rings. The summed E-state index contributed by atoms with van der Waals surface area (Å²) >= 11 is 0. The number of nitrogens with one attached hydrogen (secondary N) is 1. The second-order valence-corrected chi connectivity index (χ2v) is 3.74. The Morgan fingerprint density at radius 2 is 1.74 bits per heavy atom. The van der Waals surface area contributed by atoms with Crippen molar-refractivity contribution in [3.8, 4) is 11.3 Å². The van der Waals surface area contributed by atoms with Gasteiger partial charge in [-0.2, -0.15) is 13.2 Å². The average Bonchev–Trinajstić information content (AvgIpc) is 2.39. The van der Waals surface area contributed by atoms with Crippen molar-refractivity contribution in [3.63, 3.8) is 0 Å². The van der Waals surface area contributed by atoms with E-state index in [0.29, 0.717) is 5.69 Å². The Morgan fingerprint density at radius 3 is 2.26 bits per heavy atom. The molecule has 0 radical (unpaired) electrons. The standard InChI is InChI=1S/C13H9F3N2O/c14-13(15,16)12(19)18-10-6-4-9(5-7-10)11-3-1-2-8-17-11/h1-8H,(H,18,19). The fourth-order valence-corrected chi connectivity index (χ4v) is 1.46. The van der Waals surface area contributed by atoms with Gasteiger partial charge in [0.25, 0.3) is 0 Å². The minimum Gasteiger partial charge on any atom is -0.318 e.